The van der Waals surface area contributed by atoms with E-state index in [2.05, 4.69) is 0 Å². The van der Waals surface area contributed by atoms with E-state index < -0.39 is 34.4 Å². The number of carbonyl (C=O) groups is 2. The van der Waals surface area contributed by atoms with Crippen LogP contribution >= 0.6 is 0 Å². The lowest BCUT2D eigenvalue weighted by Gasteiger charge is -2.14. The molecule has 0 aliphatic carbocycles. The molecular weight excluding hydrogens is 380 g/mol. The van der Waals surface area contributed by atoms with E-state index in [9.17, 15) is 29.7 Å². The Kier molecular flexibility index (Phi) is 5.22. The fourth-order valence-corrected chi connectivity index (χ4v) is 2.86. The van der Waals surface area contributed by atoms with Gasteiger partial charge in [-0.1, -0.05) is 36.4 Å². The lowest BCUT2D eigenvalue weighted by atomic mass is 9.95. The third kappa shape index (κ3) is 3.88. The summed E-state index contributed by atoms with van der Waals surface area (Å²) in [5, 5.41) is 29.0. The Hall–Kier alpha value is -4.27. The summed E-state index contributed by atoms with van der Waals surface area (Å²) in [6.07, 6.45) is 0. The molecule has 0 spiro atoms. The highest BCUT2D eigenvalue weighted by atomic mass is 16.5. The van der Waals surface area contributed by atoms with Crippen LogP contribution in [0.5, 0.6) is 11.5 Å². The SMILES string of the molecule is Nc1[nH]c(=O)c(C(=O)O)c(-c2ccc(O)c(OCc3ccccc3)c2)c1C(=O)O. The number of carboxylic acids is 2. The number of rotatable bonds is 6. The number of pyridine rings is 1. The van der Waals surface area contributed by atoms with Gasteiger partial charge in [0.05, 0.1) is 0 Å². The van der Waals surface area contributed by atoms with Gasteiger partial charge in [0.2, 0.25) is 0 Å². The number of ether oxygens (including phenoxy) is 1. The van der Waals surface area contributed by atoms with Gasteiger partial charge < -0.3 is 30.8 Å². The number of phenolic OH excluding ortho intramolecular Hbond substituents is 1. The first kappa shape index (κ1) is 19.5. The maximum atomic E-state index is 12.1. The van der Waals surface area contributed by atoms with Crippen molar-refractivity contribution in [1.82, 2.24) is 4.98 Å². The Morgan fingerprint density at radius 2 is 1.66 bits per heavy atom. The van der Waals surface area contributed by atoms with E-state index in [0.29, 0.717) is 0 Å². The lowest BCUT2D eigenvalue weighted by Crippen LogP contribution is -2.24. The van der Waals surface area contributed by atoms with Crippen LogP contribution in [0.15, 0.2) is 53.3 Å². The highest BCUT2D eigenvalue weighted by Crippen LogP contribution is 2.35. The zero-order valence-corrected chi connectivity index (χ0v) is 14.9. The molecule has 0 saturated carbocycles. The fraction of sp³-hybridized carbons (Fsp3) is 0.0500. The van der Waals surface area contributed by atoms with Crippen LogP contribution in [-0.4, -0.2) is 32.2 Å². The van der Waals surface area contributed by atoms with E-state index >= 15 is 0 Å². The summed E-state index contributed by atoms with van der Waals surface area (Å²) in [5.41, 5.74) is 3.70. The van der Waals surface area contributed by atoms with Crippen molar-refractivity contribution >= 4 is 17.8 Å². The molecule has 0 aliphatic rings. The number of H-pyrrole nitrogens is 1. The third-order valence-electron chi connectivity index (χ3n) is 4.16. The molecule has 0 fully saturated rings. The van der Waals surface area contributed by atoms with Crippen molar-refractivity contribution in [1.29, 1.82) is 0 Å². The summed E-state index contributed by atoms with van der Waals surface area (Å²) in [5.74, 6) is -3.88. The molecule has 29 heavy (non-hydrogen) atoms. The van der Waals surface area contributed by atoms with Gasteiger partial charge in [-0.05, 0) is 23.3 Å². The summed E-state index contributed by atoms with van der Waals surface area (Å²) in [4.78, 5) is 37.5. The van der Waals surface area contributed by atoms with Crippen LogP contribution in [-0.2, 0) is 6.61 Å². The van der Waals surface area contributed by atoms with Gasteiger partial charge in [-0.25, -0.2) is 9.59 Å². The number of benzene rings is 2. The van der Waals surface area contributed by atoms with Gasteiger partial charge in [0.25, 0.3) is 5.56 Å². The number of nitrogens with one attached hydrogen (secondary N) is 1. The fourth-order valence-electron chi connectivity index (χ4n) is 2.86. The number of phenols is 1. The number of nitrogens with two attached hydrogens (primary N) is 1. The van der Waals surface area contributed by atoms with Crippen LogP contribution in [0, 0.1) is 0 Å². The molecule has 0 aliphatic heterocycles. The standard InChI is InChI=1S/C20H16N2O7/c21-17-15(19(25)26)14(16(20(27)28)18(24)22-17)11-6-7-12(23)13(8-11)29-9-10-4-2-1-3-5-10/h1-8,23H,9H2,(H,25,26)(H,27,28)(H3,21,22,24). The Labute approximate surface area is 163 Å². The number of anilines is 1. The minimum Gasteiger partial charge on any atom is -0.504 e. The molecule has 0 amide bonds. The largest absolute Gasteiger partial charge is 0.504 e. The Bertz CT molecular complexity index is 1150. The topological polar surface area (TPSA) is 163 Å². The average Bonchev–Trinajstić information content (AvgIpc) is 2.67. The molecule has 2 aromatic carbocycles. The second kappa shape index (κ2) is 7.77. The van der Waals surface area contributed by atoms with Crippen molar-refractivity contribution in [2.45, 2.75) is 6.61 Å². The van der Waals surface area contributed by atoms with E-state index in [1.807, 2.05) is 35.3 Å². The predicted octanol–water partition coefficient (Wildman–Crippen LogP) is 2.31. The maximum absolute atomic E-state index is 12.1. The summed E-state index contributed by atoms with van der Waals surface area (Å²) in [7, 11) is 0. The number of aromatic hydroxyl groups is 1. The number of hydrogen-bond donors (Lipinski definition) is 5. The van der Waals surface area contributed by atoms with Crippen LogP contribution in [0.2, 0.25) is 0 Å². The zero-order chi connectivity index (χ0) is 21.1. The van der Waals surface area contributed by atoms with Crippen molar-refractivity contribution in [3.63, 3.8) is 0 Å². The van der Waals surface area contributed by atoms with Crippen molar-refractivity contribution in [3.05, 3.63) is 75.6 Å². The molecule has 1 aromatic heterocycles. The minimum atomic E-state index is -1.62. The normalized spacial score (nSPS) is 10.5. The first-order valence-electron chi connectivity index (χ1n) is 8.32. The molecule has 0 bridgehead atoms. The Morgan fingerprint density at radius 1 is 1.00 bits per heavy atom. The summed E-state index contributed by atoms with van der Waals surface area (Å²) in [6, 6.07) is 12.8. The molecule has 1 heterocycles. The van der Waals surface area contributed by atoms with Crippen LogP contribution in [0.4, 0.5) is 5.82 Å². The number of carboxylic acid groups (broad SMARTS) is 2. The first-order valence-corrected chi connectivity index (χ1v) is 8.32. The molecule has 0 atom stereocenters. The Morgan fingerprint density at radius 3 is 2.28 bits per heavy atom. The molecule has 3 rings (SSSR count). The van der Waals surface area contributed by atoms with Gasteiger partial charge in [-0.3, -0.25) is 4.79 Å². The van der Waals surface area contributed by atoms with Gasteiger partial charge in [0.1, 0.15) is 23.6 Å². The molecule has 0 unspecified atom stereocenters. The number of aromatic carboxylic acids is 2. The van der Waals surface area contributed by atoms with E-state index in [0.717, 1.165) is 5.56 Å². The highest BCUT2D eigenvalue weighted by molar-refractivity contribution is 6.07. The molecule has 0 saturated heterocycles. The van der Waals surface area contributed by atoms with E-state index in [4.69, 9.17) is 10.5 Å². The molecule has 0 radical (unpaired) electrons. The number of aromatic nitrogens is 1. The molecule has 148 valence electrons. The minimum absolute atomic E-state index is 0.0158. The lowest BCUT2D eigenvalue weighted by molar-refractivity contribution is 0.0695. The summed E-state index contributed by atoms with van der Waals surface area (Å²) in [6.45, 7) is 0.104. The molecule has 9 heteroatoms. The van der Waals surface area contributed by atoms with Gasteiger partial charge in [0, 0.05) is 5.56 Å². The number of hydrogen-bond acceptors (Lipinski definition) is 6. The van der Waals surface area contributed by atoms with Gasteiger partial charge in [-0.15, -0.1) is 0 Å². The number of nitrogen functional groups attached to an aromatic ring is 1. The van der Waals surface area contributed by atoms with Crippen LogP contribution in [0.1, 0.15) is 26.3 Å². The second-order valence-corrected chi connectivity index (χ2v) is 6.06. The van der Waals surface area contributed by atoms with Crippen LogP contribution in [0.3, 0.4) is 0 Å². The summed E-state index contributed by atoms with van der Waals surface area (Å²) >= 11 is 0. The third-order valence-corrected chi connectivity index (χ3v) is 4.16. The number of aromatic amines is 1. The predicted molar refractivity (Wildman–Crippen MR) is 103 cm³/mol. The monoisotopic (exact) mass is 396 g/mol. The average molecular weight is 396 g/mol. The first-order chi connectivity index (χ1) is 13.8. The molecule has 6 N–H and O–H groups in total. The molecular formula is C20H16N2O7. The van der Waals surface area contributed by atoms with Gasteiger partial charge in [-0.2, -0.15) is 0 Å². The van der Waals surface area contributed by atoms with Gasteiger partial charge in [0.15, 0.2) is 11.5 Å². The van der Waals surface area contributed by atoms with Crippen molar-refractivity contribution in [2.24, 2.45) is 0 Å². The van der Waals surface area contributed by atoms with Gasteiger partial charge >= 0.3 is 11.9 Å². The van der Waals surface area contributed by atoms with E-state index in [1.54, 1.807) is 0 Å². The van der Waals surface area contributed by atoms with E-state index in [1.165, 1.54) is 18.2 Å². The Balaban J connectivity index is 2.15. The van der Waals surface area contributed by atoms with Crippen LogP contribution < -0.4 is 16.0 Å². The van der Waals surface area contributed by atoms with Crippen molar-refractivity contribution < 1.29 is 29.6 Å². The van der Waals surface area contributed by atoms with Crippen molar-refractivity contribution in [3.8, 4) is 22.6 Å². The van der Waals surface area contributed by atoms with Crippen LogP contribution in [0.25, 0.3) is 11.1 Å². The quantitative estimate of drug-likeness (QED) is 0.424. The second-order valence-electron chi connectivity index (χ2n) is 6.06. The summed E-state index contributed by atoms with van der Waals surface area (Å²) < 4.78 is 5.58. The molecule has 9 nitrogen and oxygen atoms in total. The maximum Gasteiger partial charge on any atom is 0.342 e. The highest BCUT2D eigenvalue weighted by Gasteiger charge is 2.27. The zero-order valence-electron chi connectivity index (χ0n) is 14.9. The molecule has 3 aromatic rings. The smallest absolute Gasteiger partial charge is 0.342 e. The van der Waals surface area contributed by atoms with Crippen molar-refractivity contribution in [2.75, 3.05) is 5.73 Å². The van der Waals surface area contributed by atoms with E-state index in [-0.39, 0.29) is 29.2 Å².